The van der Waals surface area contributed by atoms with E-state index in [-0.39, 0.29) is 49.7 Å². The van der Waals surface area contributed by atoms with Gasteiger partial charge in [-0.1, -0.05) is 18.6 Å². The van der Waals surface area contributed by atoms with Crippen LogP contribution in [0.15, 0.2) is 23.2 Å². The van der Waals surface area contributed by atoms with Crippen molar-refractivity contribution in [3.05, 3.63) is 34.9 Å². The predicted molar refractivity (Wildman–Crippen MR) is 134 cm³/mol. The zero-order valence-electron chi connectivity index (χ0n) is 20.9. The summed E-state index contributed by atoms with van der Waals surface area (Å²) in [5.41, 5.74) is 13.4. The first-order chi connectivity index (χ1) is 18.1. The molecule has 9 N–H and O–H groups in total. The molecular formula is C25H33N8O5+. The van der Waals surface area contributed by atoms with Crippen LogP contribution in [0.1, 0.15) is 53.6 Å². The number of rotatable bonds is 4. The summed E-state index contributed by atoms with van der Waals surface area (Å²) in [6, 6.07) is 2.80. The molecule has 13 heteroatoms. The first-order valence-electron chi connectivity index (χ1n) is 13.1. The van der Waals surface area contributed by atoms with Crippen LogP contribution in [0.2, 0.25) is 0 Å². The Balaban J connectivity index is 1.31. The Kier molecular flexibility index (Phi) is 5.61. The van der Waals surface area contributed by atoms with Crippen LogP contribution in [0.25, 0.3) is 0 Å². The highest BCUT2D eigenvalue weighted by Crippen LogP contribution is 2.41. The Morgan fingerprint density at radius 3 is 2.63 bits per heavy atom. The summed E-state index contributed by atoms with van der Waals surface area (Å²) >= 11 is 0. The van der Waals surface area contributed by atoms with E-state index >= 15 is 0 Å². The summed E-state index contributed by atoms with van der Waals surface area (Å²) in [6.07, 6.45) is 5.09. The Bertz CT molecular complexity index is 1260. The van der Waals surface area contributed by atoms with Gasteiger partial charge in [0.15, 0.2) is 12.0 Å². The number of hydrogen-bond acceptors (Lipinski definition) is 10. The molecular weight excluding hydrogens is 492 g/mol. The van der Waals surface area contributed by atoms with Crippen LogP contribution in [0, 0.1) is 0 Å². The van der Waals surface area contributed by atoms with Crippen LogP contribution >= 0.6 is 0 Å². The zero-order valence-corrected chi connectivity index (χ0v) is 20.9. The van der Waals surface area contributed by atoms with Crippen LogP contribution in [-0.2, 0) is 22.4 Å². The number of benzene rings is 1. The van der Waals surface area contributed by atoms with E-state index in [2.05, 4.69) is 20.6 Å². The molecule has 6 rings (SSSR count). The molecule has 0 aromatic heterocycles. The Morgan fingerprint density at radius 1 is 1.13 bits per heavy atom. The summed E-state index contributed by atoms with van der Waals surface area (Å²) in [4.78, 5) is 48.2. The average Bonchev–Trinajstić information content (AvgIpc) is 3.37. The van der Waals surface area contributed by atoms with E-state index < -0.39 is 35.5 Å². The van der Waals surface area contributed by atoms with Crippen molar-refractivity contribution in [1.29, 1.82) is 0 Å². The van der Waals surface area contributed by atoms with Crippen molar-refractivity contribution in [3.63, 3.8) is 0 Å². The van der Waals surface area contributed by atoms with Crippen LogP contribution in [-0.4, -0.2) is 92.3 Å². The molecule has 0 radical (unpaired) electrons. The van der Waals surface area contributed by atoms with Crippen molar-refractivity contribution in [2.24, 2.45) is 16.5 Å². The molecule has 202 valence electrons. The van der Waals surface area contributed by atoms with Gasteiger partial charge in [0.2, 0.25) is 17.6 Å². The highest BCUT2D eigenvalue weighted by Gasteiger charge is 2.76. The second-order valence-electron chi connectivity index (χ2n) is 10.7. The monoisotopic (exact) mass is 525 g/mol. The number of fused-ring (bicyclic) bond motifs is 1. The summed E-state index contributed by atoms with van der Waals surface area (Å²) in [6.45, 7) is -0.153. The first-order valence-corrected chi connectivity index (χ1v) is 13.1. The van der Waals surface area contributed by atoms with Crippen molar-refractivity contribution in [1.82, 2.24) is 20.4 Å². The molecule has 5 aliphatic rings. The predicted octanol–water partition coefficient (Wildman–Crippen LogP) is -4.04. The molecule has 0 saturated carbocycles. The van der Waals surface area contributed by atoms with Crippen LogP contribution in [0.3, 0.4) is 0 Å². The van der Waals surface area contributed by atoms with Gasteiger partial charge in [0.25, 0.3) is 11.6 Å². The standard InChI is InChI=1S/C25H32N8O5/c26-22-30-20-16(11-32-18(34)9-10-19(32)35)28-23(27)33-12-17(25(37,38)24(20,33)31-22)29-21(36)15-8-4-6-13-5-2-1-3-7-14(13)15/h4,6,8,16-17,20,37-38H,1-3,5,7,9-12H2,(H2,27,28)(H,29,36)(H3,26,30,31)/p+1/t16-,17?,20-,24-/m0/s1. The van der Waals surface area contributed by atoms with Gasteiger partial charge in [0.1, 0.15) is 12.1 Å². The van der Waals surface area contributed by atoms with Gasteiger partial charge in [0.05, 0.1) is 13.1 Å². The molecule has 1 aliphatic carbocycles. The number of likely N-dealkylation sites (tertiary alicyclic amines) is 1. The smallest absolute Gasteiger partial charge is 0.343 e. The number of imide groups is 1. The van der Waals surface area contributed by atoms with Gasteiger partial charge in [-0.2, -0.15) is 0 Å². The topological polar surface area (TPSA) is 201 Å². The van der Waals surface area contributed by atoms with Crippen LogP contribution in [0.4, 0.5) is 0 Å². The quantitative estimate of drug-likeness (QED) is 0.116. The summed E-state index contributed by atoms with van der Waals surface area (Å²) in [5.74, 6) is -3.57. The number of guanidine groups is 2. The largest absolute Gasteiger partial charge is 0.370 e. The third-order valence-corrected chi connectivity index (χ3v) is 8.60. The van der Waals surface area contributed by atoms with Gasteiger partial charge in [-0.15, -0.1) is 0 Å². The number of carbonyl (C=O) groups excluding carboxylic acids is 3. The minimum absolute atomic E-state index is 0.0212. The number of nitrogens with one attached hydrogen (secondary N) is 3. The summed E-state index contributed by atoms with van der Waals surface area (Å²) in [5, 5.41) is 29.1. The van der Waals surface area contributed by atoms with Gasteiger partial charge >= 0.3 is 5.96 Å². The molecule has 1 aromatic carbocycles. The number of nitrogens with zero attached hydrogens (tertiary/aromatic N) is 3. The second kappa shape index (κ2) is 8.67. The minimum Gasteiger partial charge on any atom is -0.370 e. The Hall–Kier alpha value is -3.71. The van der Waals surface area contributed by atoms with Gasteiger partial charge in [-0.3, -0.25) is 34.9 Å². The van der Waals surface area contributed by atoms with Crippen molar-refractivity contribution in [2.45, 2.75) is 74.5 Å². The number of hydrogen-bond donors (Lipinski definition) is 7. The highest BCUT2D eigenvalue weighted by molar-refractivity contribution is 6.02. The summed E-state index contributed by atoms with van der Waals surface area (Å²) in [7, 11) is 0. The molecule has 13 nitrogen and oxygen atoms in total. The lowest BCUT2D eigenvalue weighted by molar-refractivity contribution is -0.521. The molecule has 2 saturated heterocycles. The Morgan fingerprint density at radius 2 is 1.87 bits per heavy atom. The fraction of sp³-hybridized carbons (Fsp3) is 0.560. The fourth-order valence-electron chi connectivity index (χ4n) is 6.74. The molecule has 2 fully saturated rings. The zero-order chi connectivity index (χ0) is 26.8. The van der Waals surface area contributed by atoms with E-state index in [0.717, 1.165) is 48.1 Å². The van der Waals surface area contributed by atoms with Gasteiger partial charge < -0.3 is 21.3 Å². The third-order valence-electron chi connectivity index (χ3n) is 8.60. The number of amides is 3. The van der Waals surface area contributed by atoms with E-state index in [4.69, 9.17) is 11.5 Å². The van der Waals surface area contributed by atoms with Crippen molar-refractivity contribution < 1.29 is 29.6 Å². The number of aryl methyl sites for hydroxylation is 1. The minimum atomic E-state index is -2.56. The Labute approximate surface area is 218 Å². The van der Waals surface area contributed by atoms with E-state index in [1.807, 2.05) is 12.1 Å². The molecule has 4 aliphatic heterocycles. The van der Waals surface area contributed by atoms with E-state index in [1.54, 1.807) is 6.07 Å². The molecule has 0 bridgehead atoms. The fourth-order valence-corrected chi connectivity index (χ4v) is 6.74. The number of aliphatic imine (C=N–C) groups is 1. The molecule has 3 amide bonds. The molecule has 4 atom stereocenters. The number of nitrogens with two attached hydrogens (primary N) is 2. The maximum Gasteiger partial charge on any atom is 0.343 e. The maximum atomic E-state index is 13.5. The van der Waals surface area contributed by atoms with Crippen molar-refractivity contribution >= 4 is 29.6 Å². The van der Waals surface area contributed by atoms with E-state index in [9.17, 15) is 24.6 Å². The number of carbonyl (C=O) groups is 3. The van der Waals surface area contributed by atoms with Crippen LogP contribution in [0.5, 0.6) is 0 Å². The SMILES string of the molecule is NC1=N[C@@H](CN2C(=O)CCC2=O)[C@@H]2[NH+]=C(N)N[C@]23N1CC(NC(=O)c1cccc2c1CCCCC2)C3(O)O. The summed E-state index contributed by atoms with van der Waals surface area (Å²) < 4.78 is 0. The lowest BCUT2D eigenvalue weighted by atomic mass is 9.84. The lowest BCUT2D eigenvalue weighted by Gasteiger charge is -2.46. The maximum absolute atomic E-state index is 13.5. The molecule has 1 spiro atoms. The second-order valence-corrected chi connectivity index (χ2v) is 10.7. The molecule has 4 heterocycles. The molecule has 1 unspecified atom stereocenters. The van der Waals surface area contributed by atoms with E-state index in [0.29, 0.717) is 5.56 Å². The van der Waals surface area contributed by atoms with Crippen molar-refractivity contribution in [2.75, 3.05) is 13.1 Å². The van der Waals surface area contributed by atoms with Gasteiger partial charge in [-0.05, 0) is 42.9 Å². The number of aliphatic hydroxyl groups is 2. The third kappa shape index (κ3) is 3.48. The van der Waals surface area contributed by atoms with Crippen LogP contribution < -0.4 is 27.1 Å². The van der Waals surface area contributed by atoms with Crippen molar-refractivity contribution in [3.8, 4) is 0 Å². The lowest BCUT2D eigenvalue weighted by Crippen LogP contribution is -2.90. The molecule has 1 aromatic rings. The normalized spacial score (nSPS) is 31.6. The molecule has 38 heavy (non-hydrogen) atoms. The average molecular weight is 526 g/mol. The first kappa shape index (κ1) is 24.6. The van der Waals surface area contributed by atoms with Gasteiger partial charge in [0, 0.05) is 18.4 Å². The highest BCUT2D eigenvalue weighted by atomic mass is 16.5. The van der Waals surface area contributed by atoms with E-state index in [1.165, 1.54) is 4.90 Å². The van der Waals surface area contributed by atoms with Gasteiger partial charge in [-0.25, -0.2) is 10.3 Å².